The van der Waals surface area contributed by atoms with Crippen LogP contribution in [-0.2, 0) is 11.3 Å². The lowest BCUT2D eigenvalue weighted by Crippen LogP contribution is -2.25. The molecule has 0 radical (unpaired) electrons. The lowest BCUT2D eigenvalue weighted by atomic mass is 9.86. The molecule has 1 heterocycles. The van der Waals surface area contributed by atoms with Crippen molar-refractivity contribution in [1.82, 2.24) is 14.8 Å². The zero-order valence-electron chi connectivity index (χ0n) is 9.14. The number of hydrogen-bond acceptors (Lipinski definition) is 3. The third-order valence-electron chi connectivity index (χ3n) is 3.03. The minimum atomic E-state index is -2.59. The lowest BCUT2D eigenvalue weighted by Gasteiger charge is -2.27. The highest BCUT2D eigenvalue weighted by molar-refractivity contribution is 5.66. The van der Waals surface area contributed by atoms with E-state index >= 15 is 0 Å². The molecule has 2 rings (SSSR count). The predicted molar refractivity (Wildman–Crippen MR) is 53.8 cm³/mol. The van der Waals surface area contributed by atoms with Gasteiger partial charge in [0.15, 0.2) is 0 Å². The summed E-state index contributed by atoms with van der Waals surface area (Å²) in [5, 5.41) is 16.2. The van der Waals surface area contributed by atoms with Crippen LogP contribution in [0, 0.1) is 0 Å². The number of halogens is 2. The van der Waals surface area contributed by atoms with Crippen LogP contribution in [0.5, 0.6) is 0 Å². The Morgan fingerprint density at radius 3 is 2.76 bits per heavy atom. The maximum absolute atomic E-state index is 13.0. The van der Waals surface area contributed by atoms with E-state index in [1.807, 2.05) is 0 Å². The third kappa shape index (κ3) is 2.78. The largest absolute Gasteiger partial charge is 0.480 e. The van der Waals surface area contributed by atoms with Gasteiger partial charge in [0.25, 0.3) is 0 Å². The molecule has 0 bridgehead atoms. The molecule has 7 heteroatoms. The van der Waals surface area contributed by atoms with Gasteiger partial charge >= 0.3 is 5.97 Å². The molecule has 0 aliphatic heterocycles. The van der Waals surface area contributed by atoms with Crippen molar-refractivity contribution in [2.75, 3.05) is 0 Å². The van der Waals surface area contributed by atoms with E-state index in [0.717, 1.165) is 0 Å². The number of alkyl halides is 2. The highest BCUT2D eigenvalue weighted by Gasteiger charge is 2.36. The van der Waals surface area contributed by atoms with Crippen molar-refractivity contribution in [3.63, 3.8) is 0 Å². The molecule has 1 aromatic heterocycles. The maximum atomic E-state index is 13.0. The van der Waals surface area contributed by atoms with Crippen LogP contribution in [0.25, 0.3) is 0 Å². The number of aliphatic carboxylic acids is 1. The highest BCUT2D eigenvalue weighted by atomic mass is 19.3. The average molecular weight is 245 g/mol. The molecular weight excluding hydrogens is 232 g/mol. The molecule has 0 aromatic carbocycles. The van der Waals surface area contributed by atoms with Crippen molar-refractivity contribution in [1.29, 1.82) is 0 Å². The van der Waals surface area contributed by atoms with Gasteiger partial charge in [-0.1, -0.05) is 0 Å². The molecule has 1 N–H and O–H groups in total. The predicted octanol–water partition coefficient (Wildman–Crippen LogP) is 1.66. The van der Waals surface area contributed by atoms with Crippen LogP contribution in [0.1, 0.15) is 37.4 Å². The smallest absolute Gasteiger partial charge is 0.323 e. The van der Waals surface area contributed by atoms with E-state index in [2.05, 4.69) is 10.2 Å². The topological polar surface area (TPSA) is 68.0 Å². The number of nitrogens with zero attached hydrogens (tertiary/aromatic N) is 3. The second kappa shape index (κ2) is 4.38. The maximum Gasteiger partial charge on any atom is 0.323 e. The van der Waals surface area contributed by atoms with Gasteiger partial charge in [-0.05, 0) is 12.8 Å². The van der Waals surface area contributed by atoms with E-state index in [1.165, 1.54) is 10.9 Å². The van der Waals surface area contributed by atoms with E-state index in [4.69, 9.17) is 5.11 Å². The Hall–Kier alpha value is -1.53. The SMILES string of the molecule is O=C(O)Cn1cnnc1C1CCC(F)(F)CC1. The molecule has 1 aromatic rings. The Labute approximate surface area is 96.5 Å². The Bertz CT molecular complexity index is 409. The number of carboxylic acid groups (broad SMARTS) is 1. The van der Waals surface area contributed by atoms with Crippen LogP contribution >= 0.6 is 0 Å². The number of carboxylic acids is 1. The van der Waals surface area contributed by atoms with Gasteiger partial charge in [0.2, 0.25) is 5.92 Å². The molecule has 1 saturated carbocycles. The Morgan fingerprint density at radius 2 is 2.18 bits per heavy atom. The number of hydrogen-bond donors (Lipinski definition) is 1. The Morgan fingerprint density at radius 1 is 1.53 bits per heavy atom. The van der Waals surface area contributed by atoms with Gasteiger partial charge in [0.05, 0.1) is 0 Å². The monoisotopic (exact) mass is 245 g/mol. The minimum absolute atomic E-state index is 0.114. The molecule has 0 saturated heterocycles. The first-order chi connectivity index (χ1) is 7.98. The molecule has 1 aliphatic carbocycles. The van der Waals surface area contributed by atoms with Gasteiger partial charge < -0.3 is 9.67 Å². The summed E-state index contributed by atoms with van der Waals surface area (Å²) in [7, 11) is 0. The summed E-state index contributed by atoms with van der Waals surface area (Å²) < 4.78 is 27.4. The first-order valence-corrected chi connectivity index (χ1v) is 5.45. The van der Waals surface area contributed by atoms with Gasteiger partial charge in [0.1, 0.15) is 18.7 Å². The molecule has 0 unspecified atom stereocenters. The fourth-order valence-corrected chi connectivity index (χ4v) is 2.15. The summed E-state index contributed by atoms with van der Waals surface area (Å²) in [4.78, 5) is 10.6. The number of aromatic nitrogens is 3. The van der Waals surface area contributed by atoms with Gasteiger partial charge in [-0.15, -0.1) is 10.2 Å². The molecule has 0 atom stereocenters. The standard InChI is InChI=1S/C10H13F2N3O2/c11-10(12)3-1-7(2-4-10)9-14-13-6-15(9)5-8(16)17/h6-7H,1-5H2,(H,16,17). The van der Waals surface area contributed by atoms with E-state index in [0.29, 0.717) is 18.7 Å². The third-order valence-corrected chi connectivity index (χ3v) is 3.03. The molecule has 1 aliphatic rings. The summed E-state index contributed by atoms with van der Waals surface area (Å²) in [5.74, 6) is -3.19. The molecule has 5 nitrogen and oxygen atoms in total. The van der Waals surface area contributed by atoms with E-state index < -0.39 is 11.9 Å². The lowest BCUT2D eigenvalue weighted by molar-refractivity contribution is -0.137. The van der Waals surface area contributed by atoms with Crippen molar-refractivity contribution < 1.29 is 18.7 Å². The summed E-state index contributed by atoms with van der Waals surface area (Å²) in [6.45, 7) is -0.227. The second-order valence-electron chi connectivity index (χ2n) is 4.34. The first-order valence-electron chi connectivity index (χ1n) is 5.45. The van der Waals surface area contributed by atoms with Crippen molar-refractivity contribution in [3.8, 4) is 0 Å². The molecular formula is C10H13F2N3O2. The van der Waals surface area contributed by atoms with E-state index in [-0.39, 0.29) is 25.3 Å². The van der Waals surface area contributed by atoms with Crippen LogP contribution in [0.4, 0.5) is 8.78 Å². The van der Waals surface area contributed by atoms with Crippen molar-refractivity contribution >= 4 is 5.97 Å². The van der Waals surface area contributed by atoms with Crippen molar-refractivity contribution in [2.45, 2.75) is 44.1 Å². The molecule has 0 amide bonds. The second-order valence-corrected chi connectivity index (χ2v) is 4.34. The molecule has 0 spiro atoms. The van der Waals surface area contributed by atoms with Crippen molar-refractivity contribution in [3.05, 3.63) is 12.2 Å². The summed E-state index contributed by atoms with van der Waals surface area (Å²) in [6, 6.07) is 0. The quantitative estimate of drug-likeness (QED) is 0.879. The van der Waals surface area contributed by atoms with Crippen LogP contribution in [0.3, 0.4) is 0 Å². The van der Waals surface area contributed by atoms with Crippen LogP contribution in [-0.4, -0.2) is 31.8 Å². The van der Waals surface area contributed by atoms with Crippen molar-refractivity contribution in [2.24, 2.45) is 0 Å². The fraction of sp³-hybridized carbons (Fsp3) is 0.700. The van der Waals surface area contributed by atoms with Crippen LogP contribution in [0.15, 0.2) is 6.33 Å². The zero-order chi connectivity index (χ0) is 12.5. The van der Waals surface area contributed by atoms with Gasteiger partial charge in [-0.3, -0.25) is 4.79 Å². The minimum Gasteiger partial charge on any atom is -0.480 e. The zero-order valence-corrected chi connectivity index (χ0v) is 9.14. The van der Waals surface area contributed by atoms with E-state index in [1.54, 1.807) is 0 Å². The normalized spacial score (nSPS) is 20.4. The molecule has 17 heavy (non-hydrogen) atoms. The van der Waals surface area contributed by atoms with Gasteiger partial charge in [-0.25, -0.2) is 8.78 Å². The first kappa shape index (κ1) is 11.9. The highest BCUT2D eigenvalue weighted by Crippen LogP contribution is 2.40. The number of rotatable bonds is 3. The Balaban J connectivity index is 2.08. The van der Waals surface area contributed by atoms with Crippen LogP contribution in [0.2, 0.25) is 0 Å². The van der Waals surface area contributed by atoms with Crippen LogP contribution < -0.4 is 0 Å². The van der Waals surface area contributed by atoms with Gasteiger partial charge in [-0.2, -0.15) is 0 Å². The molecule has 1 fully saturated rings. The summed E-state index contributed by atoms with van der Waals surface area (Å²) in [6.07, 6.45) is 1.64. The average Bonchev–Trinajstić information content (AvgIpc) is 2.65. The van der Waals surface area contributed by atoms with E-state index in [9.17, 15) is 13.6 Å². The summed E-state index contributed by atoms with van der Waals surface area (Å²) >= 11 is 0. The fourth-order valence-electron chi connectivity index (χ4n) is 2.15. The molecule has 94 valence electrons. The summed E-state index contributed by atoms with van der Waals surface area (Å²) in [5.41, 5.74) is 0. The Kier molecular flexibility index (Phi) is 3.08. The number of carbonyl (C=O) groups is 1. The van der Waals surface area contributed by atoms with Gasteiger partial charge in [0, 0.05) is 18.8 Å².